The summed E-state index contributed by atoms with van der Waals surface area (Å²) in [5.41, 5.74) is 0.195. The molecule has 0 fully saturated rings. The molecular formula is C31H45NO10. The fourth-order valence-electron chi connectivity index (χ4n) is 3.23. The lowest BCUT2D eigenvalue weighted by Crippen LogP contribution is -2.44. The third-order valence-corrected chi connectivity index (χ3v) is 5.43. The molecule has 0 bridgehead atoms. The first kappa shape index (κ1) is 36.2. The van der Waals surface area contributed by atoms with E-state index in [4.69, 9.17) is 37.9 Å². The highest BCUT2D eigenvalue weighted by molar-refractivity contribution is 5.86. The van der Waals surface area contributed by atoms with Crippen LogP contribution in [-0.4, -0.2) is 72.0 Å². The van der Waals surface area contributed by atoms with Crippen molar-refractivity contribution in [3.63, 3.8) is 0 Å². The van der Waals surface area contributed by atoms with Gasteiger partial charge in [0.2, 0.25) is 0 Å². The van der Waals surface area contributed by atoms with E-state index in [0.29, 0.717) is 17.3 Å². The van der Waals surface area contributed by atoms with Crippen LogP contribution < -0.4 is 5.32 Å². The van der Waals surface area contributed by atoms with Gasteiger partial charge in [-0.15, -0.1) is 0 Å². The summed E-state index contributed by atoms with van der Waals surface area (Å²) >= 11 is 0. The van der Waals surface area contributed by atoms with Gasteiger partial charge in [-0.2, -0.15) is 0 Å². The summed E-state index contributed by atoms with van der Waals surface area (Å²) in [5.74, 6) is 0.617. The van der Waals surface area contributed by atoms with E-state index in [-0.39, 0.29) is 71.4 Å². The number of allylic oxidation sites excluding steroid dienone is 3. The average Bonchev–Trinajstić information content (AvgIpc) is 2.94. The Balaban J connectivity index is 2.93. The Morgan fingerprint density at radius 3 is 1.62 bits per heavy atom. The molecule has 1 atom stereocenters. The Bertz CT molecular complexity index is 969. The predicted molar refractivity (Wildman–Crippen MR) is 157 cm³/mol. The molecule has 1 aromatic carbocycles. The number of benzene rings is 1. The number of ether oxygens (including phenoxy) is 8. The zero-order chi connectivity index (χ0) is 31.4. The number of hydrogen-bond acceptors (Lipinski definition) is 10. The number of rotatable bonds is 23. The average molecular weight is 592 g/mol. The number of alkyl carbamates (subject to hydrolysis) is 1. The summed E-state index contributed by atoms with van der Waals surface area (Å²) in [6.45, 7) is 21.2. The summed E-state index contributed by atoms with van der Waals surface area (Å²) in [5, 5.41) is 2.75. The Morgan fingerprint density at radius 2 is 1.19 bits per heavy atom. The molecule has 0 radical (unpaired) electrons. The van der Waals surface area contributed by atoms with Crippen molar-refractivity contribution in [2.75, 3.05) is 60.0 Å². The summed E-state index contributed by atoms with van der Waals surface area (Å²) in [6.07, 6.45) is -0.693. The Hall–Kier alpha value is -3.80. The summed E-state index contributed by atoms with van der Waals surface area (Å²) in [6, 6.07) is 9.37. The quantitative estimate of drug-likeness (QED) is 0.0600. The van der Waals surface area contributed by atoms with Gasteiger partial charge in [-0.3, -0.25) is 0 Å². The Labute approximate surface area is 249 Å². The van der Waals surface area contributed by atoms with E-state index in [1.165, 1.54) is 0 Å². The molecule has 11 nitrogen and oxygen atoms in total. The second kappa shape index (κ2) is 20.1. The molecule has 1 amide bonds. The number of amides is 1. The van der Waals surface area contributed by atoms with Crippen LogP contribution in [0.5, 0.6) is 0 Å². The van der Waals surface area contributed by atoms with Crippen molar-refractivity contribution in [2.24, 2.45) is 5.41 Å². The van der Waals surface area contributed by atoms with E-state index in [1.54, 1.807) is 27.7 Å². The summed E-state index contributed by atoms with van der Waals surface area (Å²) < 4.78 is 44.0. The van der Waals surface area contributed by atoms with E-state index < -0.39 is 17.5 Å². The highest BCUT2D eigenvalue weighted by Crippen LogP contribution is 2.22. The molecule has 0 saturated carbocycles. The molecule has 0 heterocycles. The molecule has 1 unspecified atom stereocenters. The minimum absolute atomic E-state index is 0.0389. The first-order valence-corrected chi connectivity index (χ1v) is 13.3. The van der Waals surface area contributed by atoms with Crippen molar-refractivity contribution in [1.29, 1.82) is 0 Å². The molecule has 1 rings (SSSR count). The van der Waals surface area contributed by atoms with Crippen LogP contribution in [0, 0.1) is 5.41 Å². The van der Waals surface area contributed by atoms with Crippen molar-refractivity contribution < 1.29 is 47.5 Å². The van der Waals surface area contributed by atoms with Gasteiger partial charge in [0.1, 0.15) is 13.2 Å². The minimum atomic E-state index is -0.970. The third-order valence-electron chi connectivity index (χ3n) is 5.43. The van der Waals surface area contributed by atoms with E-state index in [9.17, 15) is 9.59 Å². The maximum absolute atomic E-state index is 12.8. The Kier molecular flexibility index (Phi) is 17.4. The van der Waals surface area contributed by atoms with Crippen LogP contribution in [0.2, 0.25) is 0 Å². The largest absolute Gasteiger partial charge is 0.473 e. The van der Waals surface area contributed by atoms with Crippen LogP contribution in [0.4, 0.5) is 4.79 Å². The van der Waals surface area contributed by atoms with Gasteiger partial charge in [-0.1, -0.05) is 56.6 Å². The molecule has 1 N–H and O–H groups in total. The topological polar surface area (TPSA) is 120 Å². The first-order chi connectivity index (χ1) is 19.9. The van der Waals surface area contributed by atoms with Gasteiger partial charge >= 0.3 is 12.1 Å². The third kappa shape index (κ3) is 16.5. The van der Waals surface area contributed by atoms with Gasteiger partial charge in [-0.25, -0.2) is 9.59 Å². The fraction of sp³-hybridized carbons (Fsp3) is 0.484. The zero-order valence-electron chi connectivity index (χ0n) is 25.2. The van der Waals surface area contributed by atoms with Crippen LogP contribution in [-0.2, 0) is 42.7 Å². The molecule has 0 aromatic heterocycles. The lowest BCUT2D eigenvalue weighted by atomic mass is 9.92. The van der Waals surface area contributed by atoms with Crippen LogP contribution in [0.15, 0.2) is 79.5 Å². The van der Waals surface area contributed by atoms with Gasteiger partial charge in [0.25, 0.3) is 0 Å². The molecule has 42 heavy (non-hydrogen) atoms. The van der Waals surface area contributed by atoms with Crippen LogP contribution in [0.3, 0.4) is 0 Å². The molecule has 234 valence electrons. The van der Waals surface area contributed by atoms with Crippen molar-refractivity contribution in [2.45, 2.75) is 33.6 Å². The number of carbonyl (C=O) groups is 2. The van der Waals surface area contributed by atoms with Crippen molar-refractivity contribution in [1.82, 2.24) is 5.32 Å². The van der Waals surface area contributed by atoms with Crippen LogP contribution in [0.25, 0.3) is 0 Å². The molecule has 11 heteroatoms. The number of hydrogen-bond donors (Lipinski definition) is 1. The molecular weight excluding hydrogens is 546 g/mol. The predicted octanol–water partition coefficient (Wildman–Crippen LogP) is 5.18. The zero-order valence-corrected chi connectivity index (χ0v) is 25.2. The smallest absolute Gasteiger partial charge is 0.407 e. The summed E-state index contributed by atoms with van der Waals surface area (Å²) in [4.78, 5) is 24.8. The first-order valence-electron chi connectivity index (χ1n) is 13.3. The van der Waals surface area contributed by atoms with Gasteiger partial charge in [0.15, 0.2) is 20.4 Å². The monoisotopic (exact) mass is 591 g/mol. The van der Waals surface area contributed by atoms with Gasteiger partial charge < -0.3 is 43.2 Å². The lowest BCUT2D eigenvalue weighted by molar-refractivity contribution is -0.153. The molecule has 0 spiro atoms. The van der Waals surface area contributed by atoms with Crippen molar-refractivity contribution in [3.8, 4) is 0 Å². The van der Waals surface area contributed by atoms with Gasteiger partial charge in [0.05, 0.1) is 42.5 Å². The normalized spacial score (nSPS) is 11.5. The number of carbonyl (C=O) groups excluding carboxylic acids is 2. The fourth-order valence-corrected chi connectivity index (χ4v) is 3.23. The second-order valence-corrected chi connectivity index (χ2v) is 9.88. The highest BCUT2D eigenvalue weighted by Gasteiger charge is 2.34. The van der Waals surface area contributed by atoms with Gasteiger partial charge in [-0.05, 0) is 33.3 Å². The van der Waals surface area contributed by atoms with E-state index in [2.05, 4.69) is 31.6 Å². The van der Waals surface area contributed by atoms with E-state index >= 15 is 0 Å². The van der Waals surface area contributed by atoms with Crippen molar-refractivity contribution in [3.05, 3.63) is 85.1 Å². The summed E-state index contributed by atoms with van der Waals surface area (Å²) in [7, 11) is 0. The molecule has 1 aromatic rings. The Morgan fingerprint density at radius 1 is 0.714 bits per heavy atom. The van der Waals surface area contributed by atoms with Crippen LogP contribution in [0.1, 0.15) is 39.2 Å². The lowest BCUT2D eigenvalue weighted by Gasteiger charge is -2.32. The maximum atomic E-state index is 12.8. The maximum Gasteiger partial charge on any atom is 0.407 e. The molecule has 0 saturated heterocycles. The van der Waals surface area contributed by atoms with Gasteiger partial charge in [0, 0.05) is 18.0 Å². The minimum Gasteiger partial charge on any atom is -0.473 e. The molecule has 0 aliphatic carbocycles. The van der Waals surface area contributed by atoms with Crippen molar-refractivity contribution >= 4 is 12.1 Å². The standard InChI is InChI=1S/C31H45NO10/c1-23(2)29(33)38-15-28(27-12-10-9-11-13-27)14-32-30(34)39-19-31(16-35-20-40-24(3)4,17-36-21-41-25(5)6)18-37-22-42-26(7)8/h9-13,28H,1,3,5,7,14-22H2,2,4,6,8H3,(H,32,34). The highest BCUT2D eigenvalue weighted by atomic mass is 16.7. The SMILES string of the molecule is C=C(C)OCOCC(COCOC(=C)C)(COCOC(=C)C)COC(=O)NCC(COC(=O)C(=C)C)c1ccccc1. The molecule has 0 aliphatic rings. The van der Waals surface area contributed by atoms with Crippen LogP contribution >= 0.6 is 0 Å². The number of esters is 1. The number of nitrogens with one attached hydrogen (secondary N) is 1. The second-order valence-electron chi connectivity index (χ2n) is 9.88. The van der Waals surface area contributed by atoms with E-state index in [0.717, 1.165) is 5.56 Å². The van der Waals surface area contributed by atoms with E-state index in [1.807, 2.05) is 30.3 Å². The molecule has 0 aliphatic heterocycles.